The van der Waals surface area contributed by atoms with Crippen molar-refractivity contribution in [1.82, 2.24) is 0 Å². The van der Waals surface area contributed by atoms with Crippen molar-refractivity contribution in [2.24, 2.45) is 0 Å². The molecule has 2 rings (SSSR count). The molecule has 0 bridgehead atoms. The van der Waals surface area contributed by atoms with Crippen LogP contribution in [0.1, 0.15) is 0 Å². The molecule has 6 nitrogen and oxygen atoms in total. The van der Waals surface area contributed by atoms with Gasteiger partial charge in [-0.1, -0.05) is 60.7 Å². The Bertz CT molecular complexity index is 606. The Kier molecular flexibility index (Phi) is 9.86. The van der Waals surface area contributed by atoms with E-state index in [0.717, 1.165) is 0 Å². The van der Waals surface area contributed by atoms with Crippen LogP contribution in [0.3, 0.4) is 0 Å². The molecule has 2 unspecified atom stereocenters. The van der Waals surface area contributed by atoms with E-state index in [-0.39, 0.29) is 27.7 Å². The molecule has 0 radical (unpaired) electrons. The average Bonchev–Trinajstić information content (AvgIpc) is 2.57. The van der Waals surface area contributed by atoms with Crippen molar-refractivity contribution < 1.29 is 46.2 Å². The van der Waals surface area contributed by atoms with Crippen LogP contribution in [0.5, 0.6) is 0 Å². The van der Waals surface area contributed by atoms with Crippen LogP contribution in [0.4, 0.5) is 0 Å². The Labute approximate surface area is 145 Å². The van der Waals surface area contributed by atoms with Gasteiger partial charge < -0.3 is 29.1 Å². The Balaban J connectivity index is 0.000000403. The van der Waals surface area contributed by atoms with Crippen LogP contribution in [0.2, 0.25) is 0 Å². The van der Waals surface area contributed by atoms with Crippen LogP contribution in [-0.4, -0.2) is 22.9 Å². The molecule has 0 saturated heterocycles. The van der Waals surface area contributed by atoms with E-state index in [1.165, 1.54) is 24.3 Å². The number of rotatable bonds is 4. The van der Waals surface area contributed by atoms with Gasteiger partial charge in [-0.15, -0.1) is 0 Å². The van der Waals surface area contributed by atoms with Crippen molar-refractivity contribution in [1.29, 1.82) is 0 Å². The van der Waals surface area contributed by atoms with Crippen LogP contribution in [0.25, 0.3) is 0 Å². The fraction of sp³-hybridized carbons (Fsp3) is 0.143. The summed E-state index contributed by atoms with van der Waals surface area (Å²) in [5.74, 6) is 0. The monoisotopic (exact) mass is 398 g/mol. The molecule has 23 heavy (non-hydrogen) atoms. The van der Waals surface area contributed by atoms with Gasteiger partial charge in [0.05, 0.1) is 27.4 Å². The third-order valence-electron chi connectivity index (χ3n) is 2.67. The molecule has 2 aromatic rings. The number of hydrogen-bond acceptors (Lipinski definition) is 6. The summed E-state index contributed by atoms with van der Waals surface area (Å²) in [5.41, 5.74) is 0. The first kappa shape index (κ1) is 22.3. The third-order valence-corrected chi connectivity index (χ3v) is 5.59. The van der Waals surface area contributed by atoms with Gasteiger partial charge in [-0.3, -0.25) is 0 Å². The largest absolute Gasteiger partial charge is 2.00 e. The van der Waals surface area contributed by atoms with Gasteiger partial charge in [-0.05, 0) is 0 Å². The SMILES string of the molecule is O=P([O-])(CO)c1ccccc1.O=P([O-])(CO)c1ccccc1.[Fe+2]. The first-order chi connectivity index (χ1) is 10.3. The Hall–Kier alpha value is -0.741. The standard InChI is InChI=1S/2C7H9O3P.Fe/c2*8-6-11(9,10)7-4-2-1-3-5-7;/h2*1-5,8H,6H2,(H,9,10);/q;;+2/p-2. The molecule has 9 heteroatoms. The van der Waals surface area contributed by atoms with Crippen molar-refractivity contribution in [3.8, 4) is 0 Å². The van der Waals surface area contributed by atoms with Gasteiger partial charge in [0, 0.05) is 10.6 Å². The summed E-state index contributed by atoms with van der Waals surface area (Å²) in [5, 5.41) is 17.3. The minimum absolute atomic E-state index is 0. The van der Waals surface area contributed by atoms with Crippen molar-refractivity contribution in [3.63, 3.8) is 0 Å². The predicted octanol–water partition coefficient (Wildman–Crippen LogP) is -0.202. The van der Waals surface area contributed by atoms with Crippen LogP contribution in [-0.2, 0) is 26.2 Å². The van der Waals surface area contributed by atoms with E-state index in [9.17, 15) is 18.9 Å². The fourth-order valence-electron chi connectivity index (χ4n) is 1.47. The molecule has 0 spiro atoms. The molecule has 0 aromatic heterocycles. The zero-order valence-electron chi connectivity index (χ0n) is 12.0. The van der Waals surface area contributed by atoms with E-state index in [0.29, 0.717) is 0 Å². The van der Waals surface area contributed by atoms with Crippen LogP contribution in [0.15, 0.2) is 60.7 Å². The molecule has 2 atom stereocenters. The summed E-state index contributed by atoms with van der Waals surface area (Å²) < 4.78 is 22.0. The van der Waals surface area contributed by atoms with E-state index >= 15 is 0 Å². The molecule has 0 amide bonds. The summed E-state index contributed by atoms with van der Waals surface area (Å²) >= 11 is 0. The van der Waals surface area contributed by atoms with E-state index in [4.69, 9.17) is 10.2 Å². The van der Waals surface area contributed by atoms with Gasteiger partial charge in [-0.25, -0.2) is 0 Å². The maximum absolute atomic E-state index is 11.0. The number of aliphatic hydroxyl groups is 2. The first-order valence-corrected chi connectivity index (χ1v) is 9.88. The molecular formula is C14H16FeO6P2. The van der Waals surface area contributed by atoms with Crippen molar-refractivity contribution in [3.05, 3.63) is 60.7 Å². The number of aliphatic hydroxyl groups excluding tert-OH is 2. The predicted molar refractivity (Wildman–Crippen MR) is 81.5 cm³/mol. The molecule has 0 aliphatic heterocycles. The zero-order chi connectivity index (χ0) is 16.6. The van der Waals surface area contributed by atoms with E-state index in [1.807, 2.05) is 0 Å². The number of hydrogen-bond donors (Lipinski definition) is 2. The van der Waals surface area contributed by atoms with Crippen molar-refractivity contribution >= 4 is 25.3 Å². The minimum Gasteiger partial charge on any atom is -0.794 e. The third kappa shape index (κ3) is 7.13. The van der Waals surface area contributed by atoms with Crippen molar-refractivity contribution in [2.75, 3.05) is 12.7 Å². The summed E-state index contributed by atoms with van der Waals surface area (Å²) in [6.45, 7) is 0. The Morgan fingerprint density at radius 1 is 0.696 bits per heavy atom. The second-order valence-corrected chi connectivity index (χ2v) is 8.59. The smallest absolute Gasteiger partial charge is 0.794 e. The van der Waals surface area contributed by atoms with E-state index in [2.05, 4.69) is 0 Å². The van der Waals surface area contributed by atoms with E-state index < -0.39 is 27.4 Å². The van der Waals surface area contributed by atoms with Crippen LogP contribution >= 0.6 is 14.7 Å². The molecular weight excluding hydrogens is 382 g/mol. The molecule has 0 saturated carbocycles. The maximum atomic E-state index is 11.0. The molecule has 0 heterocycles. The first-order valence-electron chi connectivity index (χ1n) is 6.26. The normalized spacial score (nSPS) is 15.1. The molecule has 126 valence electrons. The summed E-state index contributed by atoms with van der Waals surface area (Å²) in [4.78, 5) is 22.0. The minimum atomic E-state index is -3.72. The quantitative estimate of drug-likeness (QED) is 0.544. The van der Waals surface area contributed by atoms with Crippen molar-refractivity contribution in [2.45, 2.75) is 0 Å². The Morgan fingerprint density at radius 2 is 0.957 bits per heavy atom. The molecule has 0 fully saturated rings. The summed E-state index contributed by atoms with van der Waals surface area (Å²) in [6, 6.07) is 15.8. The topological polar surface area (TPSA) is 121 Å². The summed E-state index contributed by atoms with van der Waals surface area (Å²) in [7, 11) is -7.44. The van der Waals surface area contributed by atoms with Gasteiger partial charge in [0.25, 0.3) is 0 Å². The van der Waals surface area contributed by atoms with Crippen LogP contribution in [0, 0.1) is 0 Å². The van der Waals surface area contributed by atoms with Gasteiger partial charge in [-0.2, -0.15) is 0 Å². The van der Waals surface area contributed by atoms with Gasteiger partial charge in [0.15, 0.2) is 0 Å². The molecule has 2 aromatic carbocycles. The second-order valence-electron chi connectivity index (χ2n) is 4.30. The van der Waals surface area contributed by atoms with Gasteiger partial charge in [0.1, 0.15) is 0 Å². The van der Waals surface area contributed by atoms with Gasteiger partial charge >= 0.3 is 17.1 Å². The average molecular weight is 398 g/mol. The maximum Gasteiger partial charge on any atom is 2.00 e. The number of benzene rings is 2. The molecule has 0 aliphatic rings. The zero-order valence-corrected chi connectivity index (χ0v) is 14.9. The molecule has 2 N–H and O–H groups in total. The van der Waals surface area contributed by atoms with E-state index in [1.54, 1.807) is 36.4 Å². The Morgan fingerprint density at radius 3 is 1.17 bits per heavy atom. The second kappa shape index (κ2) is 10.2. The fourth-order valence-corrected chi connectivity index (χ4v) is 3.05. The van der Waals surface area contributed by atoms with Gasteiger partial charge in [0.2, 0.25) is 0 Å². The molecule has 0 aliphatic carbocycles. The van der Waals surface area contributed by atoms with Crippen LogP contribution < -0.4 is 20.4 Å². The summed E-state index contributed by atoms with van der Waals surface area (Å²) in [6.07, 6.45) is -1.62.